The first kappa shape index (κ1) is 16.6. The first-order chi connectivity index (χ1) is 11.3. The Balaban J connectivity index is 2.01. The van der Waals surface area contributed by atoms with Crippen molar-refractivity contribution in [1.29, 1.82) is 0 Å². The Morgan fingerprint density at radius 3 is 2.54 bits per heavy atom. The lowest BCUT2D eigenvalue weighted by Gasteiger charge is -2.27. The molecular formula is C17H17F3N2O2. The minimum Gasteiger partial charge on any atom is -0.391 e. The van der Waals surface area contributed by atoms with E-state index < -0.39 is 23.9 Å². The molecule has 0 spiro atoms. The quantitative estimate of drug-likeness (QED) is 0.915. The summed E-state index contributed by atoms with van der Waals surface area (Å²) in [5.74, 6) is -0.388. The summed E-state index contributed by atoms with van der Waals surface area (Å²) in [6.45, 7) is 0.0148. The molecule has 1 N–H and O–H groups in total. The van der Waals surface area contributed by atoms with Crippen LogP contribution in [-0.2, 0) is 13.2 Å². The van der Waals surface area contributed by atoms with Gasteiger partial charge in [-0.3, -0.25) is 4.79 Å². The monoisotopic (exact) mass is 338 g/mol. The van der Waals surface area contributed by atoms with Crippen molar-refractivity contribution < 1.29 is 23.1 Å². The number of aliphatic hydroxyl groups excluding tert-OH is 1. The molecule has 1 aliphatic rings. The number of β-amino-alcohol motifs (C(OH)–C–C–N with tert-alkyl or cyclic N) is 1. The highest BCUT2D eigenvalue weighted by molar-refractivity contribution is 5.93. The molecule has 2 heterocycles. The molecule has 1 aliphatic heterocycles. The molecule has 128 valence electrons. The highest BCUT2D eigenvalue weighted by Crippen LogP contribution is 2.40. The third-order valence-corrected chi connectivity index (χ3v) is 4.33. The van der Waals surface area contributed by atoms with Gasteiger partial charge in [0.15, 0.2) is 0 Å². The Bertz CT molecular complexity index is 754. The maximum Gasteiger partial charge on any atom is 0.416 e. The molecule has 0 saturated carbocycles. The molecular weight excluding hydrogens is 321 g/mol. The van der Waals surface area contributed by atoms with Crippen LogP contribution >= 0.6 is 0 Å². The van der Waals surface area contributed by atoms with Gasteiger partial charge in [0.25, 0.3) is 5.91 Å². The Morgan fingerprint density at radius 2 is 1.92 bits per heavy atom. The molecule has 24 heavy (non-hydrogen) atoms. The van der Waals surface area contributed by atoms with Crippen LogP contribution in [0.1, 0.15) is 34.1 Å². The molecule has 1 amide bonds. The van der Waals surface area contributed by atoms with E-state index >= 15 is 0 Å². The molecule has 7 heteroatoms. The molecule has 1 aromatic carbocycles. The molecule has 4 nitrogen and oxygen atoms in total. The first-order valence-corrected chi connectivity index (χ1v) is 7.55. The molecule has 0 unspecified atom stereocenters. The van der Waals surface area contributed by atoms with Crippen LogP contribution in [0.25, 0.3) is 0 Å². The first-order valence-electron chi connectivity index (χ1n) is 7.55. The second-order valence-corrected chi connectivity index (χ2v) is 5.95. The smallest absolute Gasteiger partial charge is 0.391 e. The number of likely N-dealkylation sites (tertiary alicyclic amines) is 1. The van der Waals surface area contributed by atoms with Gasteiger partial charge in [-0.2, -0.15) is 13.2 Å². The number of alkyl halides is 3. The Labute approximate surface area is 137 Å². The summed E-state index contributed by atoms with van der Waals surface area (Å²) in [6.07, 6.45) is -3.58. The van der Waals surface area contributed by atoms with E-state index in [1.54, 1.807) is 29.9 Å². The second kappa shape index (κ2) is 5.98. The fourth-order valence-electron chi connectivity index (χ4n) is 3.21. The second-order valence-electron chi connectivity index (χ2n) is 5.95. The fourth-order valence-corrected chi connectivity index (χ4v) is 3.21. The number of aliphatic hydroxyl groups is 1. The number of hydrogen-bond acceptors (Lipinski definition) is 2. The average Bonchev–Trinajstić information content (AvgIpc) is 3.11. The highest BCUT2D eigenvalue weighted by atomic mass is 19.4. The summed E-state index contributed by atoms with van der Waals surface area (Å²) in [7, 11) is 1.69. The lowest BCUT2D eigenvalue weighted by Crippen LogP contribution is -2.33. The molecule has 2 aromatic rings. The molecule has 1 aromatic heterocycles. The van der Waals surface area contributed by atoms with Gasteiger partial charge in [0.05, 0.1) is 17.7 Å². The maximum atomic E-state index is 13.3. The number of benzene rings is 1. The largest absolute Gasteiger partial charge is 0.416 e. The molecule has 2 atom stereocenters. The maximum absolute atomic E-state index is 13.3. The topological polar surface area (TPSA) is 45.5 Å². The van der Waals surface area contributed by atoms with Gasteiger partial charge in [0.2, 0.25) is 0 Å². The van der Waals surface area contributed by atoms with Crippen LogP contribution in [-0.4, -0.2) is 33.1 Å². The average molecular weight is 338 g/mol. The van der Waals surface area contributed by atoms with Crippen molar-refractivity contribution in [2.45, 2.75) is 24.7 Å². The summed E-state index contributed by atoms with van der Waals surface area (Å²) in [5, 5.41) is 9.96. The number of hydrogen-bond donors (Lipinski definition) is 1. The molecule has 1 fully saturated rings. The zero-order valence-electron chi connectivity index (χ0n) is 13.0. The van der Waals surface area contributed by atoms with Crippen LogP contribution in [0.15, 0.2) is 42.6 Å². The summed E-state index contributed by atoms with van der Waals surface area (Å²) in [4.78, 5) is 14.1. The summed E-state index contributed by atoms with van der Waals surface area (Å²) in [6, 6.07) is 7.71. The summed E-state index contributed by atoms with van der Waals surface area (Å²) < 4.78 is 41.5. The van der Waals surface area contributed by atoms with Crippen LogP contribution in [0.2, 0.25) is 0 Å². The predicted octanol–water partition coefficient (Wildman–Crippen LogP) is 2.99. The fraction of sp³-hybridized carbons (Fsp3) is 0.353. The van der Waals surface area contributed by atoms with E-state index in [1.165, 1.54) is 23.1 Å². The zero-order valence-corrected chi connectivity index (χ0v) is 13.0. The number of amides is 1. The minimum atomic E-state index is -4.51. The molecule has 3 rings (SSSR count). The minimum absolute atomic E-state index is 0.0148. The Hall–Kier alpha value is -2.28. The van der Waals surface area contributed by atoms with Crippen molar-refractivity contribution in [2.75, 3.05) is 6.54 Å². The number of aromatic nitrogens is 1. The predicted molar refractivity (Wildman–Crippen MR) is 81.3 cm³/mol. The SMILES string of the molecule is Cn1cccc1C(=O)N1C[C@@H](O)C[C@@H]1c1ccccc1C(F)(F)F. The Morgan fingerprint density at radius 1 is 1.21 bits per heavy atom. The van der Waals surface area contributed by atoms with E-state index in [9.17, 15) is 23.1 Å². The van der Waals surface area contributed by atoms with Crippen molar-refractivity contribution in [2.24, 2.45) is 7.05 Å². The van der Waals surface area contributed by atoms with Gasteiger partial charge in [-0.1, -0.05) is 18.2 Å². The van der Waals surface area contributed by atoms with Gasteiger partial charge < -0.3 is 14.6 Å². The van der Waals surface area contributed by atoms with Gasteiger partial charge in [0, 0.05) is 19.8 Å². The van der Waals surface area contributed by atoms with E-state index in [-0.39, 0.29) is 24.4 Å². The third kappa shape index (κ3) is 2.91. The number of halogens is 3. The number of rotatable bonds is 2. The van der Waals surface area contributed by atoms with Crippen molar-refractivity contribution in [3.05, 3.63) is 59.4 Å². The van der Waals surface area contributed by atoms with Gasteiger partial charge in [0.1, 0.15) is 5.69 Å². The lowest BCUT2D eigenvalue weighted by molar-refractivity contribution is -0.138. The number of carbonyl (C=O) groups excluding carboxylic acids is 1. The lowest BCUT2D eigenvalue weighted by atomic mass is 9.97. The van der Waals surface area contributed by atoms with Crippen LogP contribution in [0.5, 0.6) is 0 Å². The van der Waals surface area contributed by atoms with E-state index in [2.05, 4.69) is 0 Å². The van der Waals surface area contributed by atoms with Crippen molar-refractivity contribution in [1.82, 2.24) is 9.47 Å². The molecule has 0 radical (unpaired) electrons. The van der Waals surface area contributed by atoms with Gasteiger partial charge in [-0.25, -0.2) is 0 Å². The van der Waals surface area contributed by atoms with Gasteiger partial charge >= 0.3 is 6.18 Å². The van der Waals surface area contributed by atoms with Gasteiger partial charge in [-0.05, 0) is 30.2 Å². The van der Waals surface area contributed by atoms with E-state index in [0.29, 0.717) is 5.69 Å². The zero-order chi connectivity index (χ0) is 17.5. The van der Waals surface area contributed by atoms with Crippen LogP contribution in [0.4, 0.5) is 13.2 Å². The third-order valence-electron chi connectivity index (χ3n) is 4.33. The van der Waals surface area contributed by atoms with Crippen molar-refractivity contribution >= 4 is 5.91 Å². The normalized spacial score (nSPS) is 21.3. The number of nitrogens with zero attached hydrogens (tertiary/aromatic N) is 2. The molecule has 1 saturated heterocycles. The Kier molecular flexibility index (Phi) is 4.13. The highest BCUT2D eigenvalue weighted by Gasteiger charge is 2.41. The van der Waals surface area contributed by atoms with Crippen LogP contribution in [0.3, 0.4) is 0 Å². The van der Waals surface area contributed by atoms with Crippen LogP contribution < -0.4 is 0 Å². The van der Waals surface area contributed by atoms with E-state index in [4.69, 9.17) is 0 Å². The molecule has 0 bridgehead atoms. The van der Waals surface area contributed by atoms with E-state index in [0.717, 1.165) is 6.07 Å². The standard InChI is InChI=1S/C17H17F3N2O2/c1-21-8-4-7-14(21)16(24)22-10-11(23)9-15(22)12-5-2-3-6-13(12)17(18,19)20/h2-8,11,15,23H,9-10H2,1H3/t11-,15+/m0/s1. The molecule has 0 aliphatic carbocycles. The summed E-state index contributed by atoms with van der Waals surface area (Å²) in [5.41, 5.74) is -0.378. The van der Waals surface area contributed by atoms with Crippen molar-refractivity contribution in [3.63, 3.8) is 0 Å². The number of aryl methyl sites for hydroxylation is 1. The number of carbonyl (C=O) groups is 1. The van der Waals surface area contributed by atoms with Gasteiger partial charge in [-0.15, -0.1) is 0 Å². The van der Waals surface area contributed by atoms with Crippen LogP contribution in [0, 0.1) is 0 Å². The van der Waals surface area contributed by atoms with E-state index in [1.807, 2.05) is 0 Å². The summed E-state index contributed by atoms with van der Waals surface area (Å²) >= 11 is 0. The van der Waals surface area contributed by atoms with Crippen molar-refractivity contribution in [3.8, 4) is 0 Å².